The molecule has 2 aromatic rings. The van der Waals surface area contributed by atoms with E-state index < -0.39 is 27.7 Å². The summed E-state index contributed by atoms with van der Waals surface area (Å²) in [7, 11) is -3.94. The molecule has 0 aromatic carbocycles. The highest BCUT2D eigenvalue weighted by atomic mass is 32.2. The number of rotatable bonds is 7. The minimum atomic E-state index is -3.94. The third-order valence-corrected chi connectivity index (χ3v) is 8.32. The molecular formula is C18H21N5O6S2. The van der Waals surface area contributed by atoms with E-state index in [1.54, 1.807) is 25.4 Å². The number of aliphatic hydroxyl groups is 1. The van der Waals surface area contributed by atoms with Crippen LogP contribution in [0.5, 0.6) is 5.75 Å². The van der Waals surface area contributed by atoms with E-state index in [4.69, 9.17) is 4.74 Å². The molecule has 1 saturated heterocycles. The number of ether oxygens (including phenoxy) is 1. The topological polar surface area (TPSA) is 145 Å². The van der Waals surface area contributed by atoms with E-state index in [-0.39, 0.29) is 41.0 Å². The average Bonchev–Trinajstić information content (AvgIpc) is 3.17. The average molecular weight is 468 g/mol. The Bertz CT molecular complexity index is 1110. The summed E-state index contributed by atoms with van der Waals surface area (Å²) >= 11 is 0.849. The fourth-order valence-electron chi connectivity index (χ4n) is 3.31. The molecular weight excluding hydrogens is 446 g/mol. The lowest BCUT2D eigenvalue weighted by molar-refractivity contribution is -0.127. The van der Waals surface area contributed by atoms with Gasteiger partial charge in [-0.25, -0.2) is 18.4 Å². The summed E-state index contributed by atoms with van der Waals surface area (Å²) in [5.41, 5.74) is 0.0650. The van der Waals surface area contributed by atoms with Crippen LogP contribution in [0, 0.1) is 0 Å². The monoisotopic (exact) mass is 467 g/mol. The zero-order chi connectivity index (χ0) is 22.2. The molecule has 2 aromatic heterocycles. The molecule has 1 unspecified atom stereocenters. The largest absolute Gasteiger partial charge is 0.504 e. The number of nitrogens with one attached hydrogen (secondary N) is 1. The van der Waals surface area contributed by atoms with Crippen molar-refractivity contribution in [3.63, 3.8) is 0 Å². The molecule has 0 bridgehead atoms. The van der Waals surface area contributed by atoms with Crippen LogP contribution < -0.4 is 10.2 Å². The first-order valence-corrected chi connectivity index (χ1v) is 11.9. The molecule has 0 radical (unpaired) electrons. The van der Waals surface area contributed by atoms with Crippen LogP contribution in [0.4, 0.5) is 11.6 Å². The number of anilines is 2. The van der Waals surface area contributed by atoms with Gasteiger partial charge >= 0.3 is 0 Å². The Hall–Kier alpha value is -2.74. The number of sulfonamides is 1. The van der Waals surface area contributed by atoms with Gasteiger partial charge in [0.2, 0.25) is 11.7 Å². The van der Waals surface area contributed by atoms with Crippen LogP contribution in [-0.2, 0) is 19.6 Å². The first kappa shape index (κ1) is 21.5. The number of carbonyl (C=O) groups excluding carboxylic acids is 1. The SMILES string of the molecule is CCOC1=C(Nc2csc(S(=O)(=O)N3CCN(c4ncccn4)CC3)c2O)C(=O)C1O. The van der Waals surface area contributed by atoms with Gasteiger partial charge in [-0.1, -0.05) is 0 Å². The van der Waals surface area contributed by atoms with Gasteiger partial charge in [-0.15, -0.1) is 11.3 Å². The van der Waals surface area contributed by atoms with Crippen molar-refractivity contribution in [3.05, 3.63) is 35.3 Å². The highest BCUT2D eigenvalue weighted by molar-refractivity contribution is 7.91. The lowest BCUT2D eigenvalue weighted by Gasteiger charge is -2.33. The van der Waals surface area contributed by atoms with Gasteiger partial charge in [-0.3, -0.25) is 4.79 Å². The van der Waals surface area contributed by atoms with Crippen LogP contribution in [0.25, 0.3) is 0 Å². The standard InChI is InChI=1S/C18H21N5O6S2/c1-2-29-16-12(14(25)15(16)26)21-11-10-30-17(13(11)24)31(27,28)23-8-6-22(7-9-23)18-19-4-3-5-20-18/h3-5,10,15,21,24,26H,2,6-9H2,1H3. The zero-order valence-electron chi connectivity index (χ0n) is 16.6. The number of ketones is 1. The molecule has 3 heterocycles. The molecule has 11 nitrogen and oxygen atoms in total. The van der Waals surface area contributed by atoms with Gasteiger partial charge in [-0.2, -0.15) is 4.31 Å². The number of hydrogen-bond acceptors (Lipinski definition) is 11. The van der Waals surface area contributed by atoms with Gasteiger partial charge in [0, 0.05) is 44.0 Å². The molecule has 1 aliphatic heterocycles. The normalized spacial score (nSPS) is 20.0. The first-order chi connectivity index (χ1) is 14.8. The van der Waals surface area contributed by atoms with E-state index in [9.17, 15) is 23.4 Å². The van der Waals surface area contributed by atoms with E-state index in [0.29, 0.717) is 19.0 Å². The van der Waals surface area contributed by atoms with Crippen LogP contribution >= 0.6 is 11.3 Å². The first-order valence-electron chi connectivity index (χ1n) is 9.53. The summed E-state index contributed by atoms with van der Waals surface area (Å²) < 4.78 is 32.5. The Morgan fingerprint density at radius 3 is 2.58 bits per heavy atom. The van der Waals surface area contributed by atoms with Crippen molar-refractivity contribution in [2.24, 2.45) is 0 Å². The predicted octanol–water partition coefficient (Wildman–Crippen LogP) is 0.358. The maximum atomic E-state index is 13.1. The van der Waals surface area contributed by atoms with E-state index >= 15 is 0 Å². The summed E-state index contributed by atoms with van der Waals surface area (Å²) in [4.78, 5) is 22.1. The maximum absolute atomic E-state index is 13.1. The van der Waals surface area contributed by atoms with Crippen LogP contribution in [-0.4, -0.2) is 77.6 Å². The van der Waals surface area contributed by atoms with Crippen molar-refractivity contribution in [2.75, 3.05) is 43.0 Å². The second kappa shape index (κ2) is 8.42. The second-order valence-corrected chi connectivity index (χ2v) is 9.80. The van der Waals surface area contributed by atoms with Crippen LogP contribution in [0.3, 0.4) is 0 Å². The summed E-state index contributed by atoms with van der Waals surface area (Å²) in [6.45, 7) is 3.21. The number of hydrogen-bond donors (Lipinski definition) is 3. The van der Waals surface area contributed by atoms with Crippen LogP contribution in [0.2, 0.25) is 0 Å². The molecule has 0 saturated carbocycles. The van der Waals surface area contributed by atoms with Crippen molar-refractivity contribution in [1.82, 2.24) is 14.3 Å². The van der Waals surface area contributed by atoms with Gasteiger partial charge in [0.15, 0.2) is 21.8 Å². The lowest BCUT2D eigenvalue weighted by Crippen LogP contribution is -2.49. The number of piperazine rings is 1. The fraction of sp³-hybridized carbons (Fsp3) is 0.389. The van der Waals surface area contributed by atoms with Gasteiger partial charge in [0.25, 0.3) is 10.0 Å². The minimum absolute atomic E-state index is 0.00266. The predicted molar refractivity (Wildman–Crippen MR) is 112 cm³/mol. The number of Topliss-reactive ketones (excluding diaryl/α,β-unsaturated/α-hetero) is 1. The van der Waals surface area contributed by atoms with Crippen molar-refractivity contribution in [3.8, 4) is 5.75 Å². The quantitative estimate of drug-likeness (QED) is 0.522. The zero-order valence-corrected chi connectivity index (χ0v) is 18.2. The van der Waals surface area contributed by atoms with Crippen molar-refractivity contribution < 1.29 is 28.2 Å². The van der Waals surface area contributed by atoms with Gasteiger partial charge < -0.3 is 25.2 Å². The highest BCUT2D eigenvalue weighted by Gasteiger charge is 2.41. The van der Waals surface area contributed by atoms with Crippen molar-refractivity contribution in [2.45, 2.75) is 17.2 Å². The Morgan fingerprint density at radius 1 is 1.26 bits per heavy atom. The molecule has 2 aliphatic rings. The Labute approximate surface area is 182 Å². The molecule has 4 rings (SSSR count). The molecule has 0 amide bonds. The Balaban J connectivity index is 1.49. The fourth-order valence-corrected chi connectivity index (χ4v) is 6.10. The molecule has 1 aliphatic carbocycles. The second-order valence-electron chi connectivity index (χ2n) is 6.79. The van der Waals surface area contributed by atoms with Crippen molar-refractivity contribution >= 4 is 38.8 Å². The van der Waals surface area contributed by atoms with E-state index in [2.05, 4.69) is 15.3 Å². The number of nitrogens with zero attached hydrogens (tertiary/aromatic N) is 4. The lowest BCUT2D eigenvalue weighted by atomic mass is 9.97. The summed E-state index contributed by atoms with van der Waals surface area (Å²) in [5.74, 6) is -0.452. The third kappa shape index (κ3) is 3.84. The molecule has 1 fully saturated rings. The molecule has 0 spiro atoms. The highest BCUT2D eigenvalue weighted by Crippen LogP contribution is 2.41. The number of aromatic hydroxyl groups is 1. The van der Waals surface area contributed by atoms with E-state index in [1.807, 2.05) is 4.90 Å². The maximum Gasteiger partial charge on any atom is 0.256 e. The molecule has 13 heteroatoms. The molecule has 1 atom stereocenters. The minimum Gasteiger partial charge on any atom is -0.504 e. The van der Waals surface area contributed by atoms with Gasteiger partial charge in [0.1, 0.15) is 5.70 Å². The molecule has 3 N–H and O–H groups in total. The summed E-state index contributed by atoms with van der Waals surface area (Å²) in [6, 6.07) is 1.71. The number of aliphatic hydroxyl groups excluding tert-OH is 1. The molecule has 166 valence electrons. The third-order valence-electron chi connectivity index (χ3n) is 4.93. The van der Waals surface area contributed by atoms with Crippen molar-refractivity contribution in [1.29, 1.82) is 0 Å². The Kier molecular flexibility index (Phi) is 5.83. The van der Waals surface area contributed by atoms with Gasteiger partial charge in [0.05, 0.1) is 12.3 Å². The number of aromatic nitrogens is 2. The van der Waals surface area contributed by atoms with E-state index in [1.165, 1.54) is 9.69 Å². The Morgan fingerprint density at radius 2 is 1.94 bits per heavy atom. The van der Waals surface area contributed by atoms with E-state index in [0.717, 1.165) is 11.3 Å². The summed E-state index contributed by atoms with van der Waals surface area (Å²) in [6.07, 6.45) is 1.90. The summed E-state index contributed by atoms with van der Waals surface area (Å²) in [5, 5.41) is 24.3. The van der Waals surface area contributed by atoms with Crippen LogP contribution in [0.15, 0.2) is 39.5 Å². The van der Waals surface area contributed by atoms with Gasteiger partial charge in [-0.05, 0) is 13.0 Å². The van der Waals surface area contributed by atoms with Crippen LogP contribution in [0.1, 0.15) is 6.92 Å². The smallest absolute Gasteiger partial charge is 0.256 e. The number of carbonyl (C=O) groups is 1. The number of thiophene rings is 1. The molecule has 31 heavy (non-hydrogen) atoms.